The van der Waals surface area contributed by atoms with Gasteiger partial charge in [-0.15, -0.1) is 0 Å². The summed E-state index contributed by atoms with van der Waals surface area (Å²) in [7, 11) is 0. The maximum absolute atomic E-state index is 12.3. The Balaban J connectivity index is 0.00000117. The SMILES string of the molecule is CC.CC(C)(C)OC(=O)N1CCc2c(nc(N3CCOCC3)[nH]c2=O)C1. The number of anilines is 1. The molecule has 0 bridgehead atoms. The average Bonchev–Trinajstić information content (AvgIpc) is 2.62. The van der Waals surface area contributed by atoms with Crippen molar-refractivity contribution >= 4 is 12.0 Å². The normalized spacial score (nSPS) is 17.1. The monoisotopic (exact) mass is 366 g/mol. The van der Waals surface area contributed by atoms with Gasteiger partial charge in [-0.05, 0) is 27.2 Å². The number of rotatable bonds is 1. The molecule has 3 rings (SSSR count). The lowest BCUT2D eigenvalue weighted by Crippen LogP contribution is -2.43. The summed E-state index contributed by atoms with van der Waals surface area (Å²) >= 11 is 0. The second-order valence-electron chi connectivity index (χ2n) is 7.07. The summed E-state index contributed by atoms with van der Waals surface area (Å²) in [5, 5.41) is 0. The highest BCUT2D eigenvalue weighted by Crippen LogP contribution is 2.19. The lowest BCUT2D eigenvalue weighted by Gasteiger charge is -2.32. The standard InChI is InChI=1S/C16H24N4O4.C2H6/c1-16(2,3)24-15(22)20-5-4-11-12(10-20)17-14(18-13(11)21)19-6-8-23-9-7-19;1-2/h4-10H2,1-3H3,(H,17,18,21);1-2H3. The fraction of sp³-hybridized carbons (Fsp3) is 0.722. The first kappa shape index (κ1) is 20.2. The molecule has 0 aliphatic carbocycles. The lowest BCUT2D eigenvalue weighted by molar-refractivity contribution is 0.0220. The van der Waals surface area contributed by atoms with Crippen molar-refractivity contribution < 1.29 is 14.3 Å². The molecule has 2 aliphatic rings. The zero-order chi connectivity index (χ0) is 19.3. The van der Waals surface area contributed by atoms with Crippen LogP contribution in [0.1, 0.15) is 45.9 Å². The summed E-state index contributed by atoms with van der Waals surface area (Å²) in [6.07, 6.45) is 0.114. The molecular formula is C18H30N4O4. The minimum absolute atomic E-state index is 0.120. The highest BCUT2D eigenvalue weighted by molar-refractivity contribution is 5.68. The molecule has 8 heteroatoms. The molecule has 26 heavy (non-hydrogen) atoms. The zero-order valence-corrected chi connectivity index (χ0v) is 16.4. The van der Waals surface area contributed by atoms with Crippen molar-refractivity contribution in [2.24, 2.45) is 0 Å². The molecule has 0 aromatic carbocycles. The van der Waals surface area contributed by atoms with Gasteiger partial charge < -0.3 is 19.3 Å². The van der Waals surface area contributed by atoms with E-state index < -0.39 is 5.60 Å². The topological polar surface area (TPSA) is 87.8 Å². The van der Waals surface area contributed by atoms with Crippen LogP contribution < -0.4 is 10.5 Å². The van der Waals surface area contributed by atoms with Gasteiger partial charge in [0.2, 0.25) is 5.95 Å². The summed E-state index contributed by atoms with van der Waals surface area (Å²) in [5.74, 6) is 0.549. The van der Waals surface area contributed by atoms with E-state index in [1.165, 1.54) is 0 Å². The zero-order valence-electron chi connectivity index (χ0n) is 16.4. The molecule has 146 valence electrons. The Hall–Kier alpha value is -2.09. The van der Waals surface area contributed by atoms with Gasteiger partial charge in [-0.25, -0.2) is 9.78 Å². The summed E-state index contributed by atoms with van der Waals surface area (Å²) < 4.78 is 10.7. The van der Waals surface area contributed by atoms with E-state index in [9.17, 15) is 9.59 Å². The van der Waals surface area contributed by atoms with Crippen LogP contribution in [0.4, 0.5) is 10.7 Å². The summed E-state index contributed by atoms with van der Waals surface area (Å²) in [4.78, 5) is 35.6. The Morgan fingerprint density at radius 1 is 1.19 bits per heavy atom. The molecule has 0 radical (unpaired) electrons. The first-order chi connectivity index (χ1) is 12.3. The molecule has 1 N–H and O–H groups in total. The van der Waals surface area contributed by atoms with Gasteiger partial charge in [-0.3, -0.25) is 9.78 Å². The maximum atomic E-state index is 12.3. The second-order valence-corrected chi connectivity index (χ2v) is 7.07. The molecule has 1 saturated heterocycles. The molecule has 1 amide bonds. The van der Waals surface area contributed by atoms with Gasteiger partial charge in [0.15, 0.2) is 0 Å². The van der Waals surface area contributed by atoms with Crippen molar-refractivity contribution in [1.82, 2.24) is 14.9 Å². The number of hydrogen-bond donors (Lipinski definition) is 1. The predicted octanol–water partition coefficient (Wildman–Crippen LogP) is 1.93. The fourth-order valence-corrected chi connectivity index (χ4v) is 2.83. The third-order valence-corrected chi connectivity index (χ3v) is 4.02. The first-order valence-electron chi connectivity index (χ1n) is 9.26. The largest absolute Gasteiger partial charge is 0.444 e. The van der Waals surface area contributed by atoms with E-state index in [1.54, 1.807) is 4.90 Å². The van der Waals surface area contributed by atoms with Crippen molar-refractivity contribution in [1.29, 1.82) is 0 Å². The van der Waals surface area contributed by atoms with Gasteiger partial charge in [-0.2, -0.15) is 0 Å². The third kappa shape index (κ3) is 4.97. The number of nitrogens with zero attached hydrogens (tertiary/aromatic N) is 3. The molecule has 1 aromatic rings. The number of carbonyl (C=O) groups is 1. The third-order valence-electron chi connectivity index (χ3n) is 4.02. The molecule has 3 heterocycles. The molecule has 1 fully saturated rings. The number of aromatic nitrogens is 2. The van der Waals surface area contributed by atoms with Crippen LogP contribution in [-0.4, -0.2) is 59.4 Å². The van der Waals surface area contributed by atoms with Crippen molar-refractivity contribution in [2.45, 2.75) is 53.2 Å². The van der Waals surface area contributed by atoms with Gasteiger partial charge in [0.25, 0.3) is 5.56 Å². The van der Waals surface area contributed by atoms with Crippen LogP contribution in [0.2, 0.25) is 0 Å². The highest BCUT2D eigenvalue weighted by atomic mass is 16.6. The van der Waals surface area contributed by atoms with E-state index in [2.05, 4.69) is 9.97 Å². The molecule has 1 aromatic heterocycles. The van der Waals surface area contributed by atoms with Crippen LogP contribution in [0.5, 0.6) is 0 Å². The Labute approximate surface area is 154 Å². The number of hydrogen-bond acceptors (Lipinski definition) is 6. The van der Waals surface area contributed by atoms with Crippen LogP contribution in [-0.2, 0) is 22.4 Å². The summed E-state index contributed by atoms with van der Waals surface area (Å²) in [6, 6.07) is 0. The maximum Gasteiger partial charge on any atom is 0.410 e. The Kier molecular flexibility index (Phi) is 6.63. The average molecular weight is 366 g/mol. The quantitative estimate of drug-likeness (QED) is 0.817. The van der Waals surface area contributed by atoms with Gasteiger partial charge in [0.05, 0.1) is 25.5 Å². The summed E-state index contributed by atoms with van der Waals surface area (Å²) in [5.41, 5.74) is 0.646. The molecule has 0 spiro atoms. The lowest BCUT2D eigenvalue weighted by atomic mass is 10.1. The molecule has 0 atom stereocenters. The van der Waals surface area contributed by atoms with Crippen LogP contribution >= 0.6 is 0 Å². The Morgan fingerprint density at radius 2 is 1.85 bits per heavy atom. The number of ether oxygens (including phenoxy) is 2. The van der Waals surface area contributed by atoms with E-state index in [0.717, 1.165) is 0 Å². The van der Waals surface area contributed by atoms with Crippen LogP contribution in [0, 0.1) is 0 Å². The van der Waals surface area contributed by atoms with E-state index in [4.69, 9.17) is 9.47 Å². The molecule has 0 unspecified atom stereocenters. The number of morpholine rings is 1. The number of carbonyl (C=O) groups excluding carboxylic acids is 1. The van der Waals surface area contributed by atoms with E-state index in [1.807, 2.05) is 39.5 Å². The van der Waals surface area contributed by atoms with Crippen molar-refractivity contribution in [3.63, 3.8) is 0 Å². The van der Waals surface area contributed by atoms with Crippen LogP contribution in [0.15, 0.2) is 4.79 Å². The van der Waals surface area contributed by atoms with Gasteiger partial charge in [0, 0.05) is 25.2 Å². The van der Waals surface area contributed by atoms with Crippen molar-refractivity contribution in [3.05, 3.63) is 21.6 Å². The van der Waals surface area contributed by atoms with E-state index >= 15 is 0 Å². The van der Waals surface area contributed by atoms with Gasteiger partial charge in [0.1, 0.15) is 5.60 Å². The van der Waals surface area contributed by atoms with E-state index in [0.29, 0.717) is 63.0 Å². The number of nitrogens with one attached hydrogen (secondary N) is 1. The number of aromatic amines is 1. The molecule has 0 saturated carbocycles. The summed E-state index contributed by atoms with van der Waals surface area (Å²) in [6.45, 7) is 12.9. The van der Waals surface area contributed by atoms with Crippen molar-refractivity contribution in [2.75, 3.05) is 37.7 Å². The molecule has 8 nitrogen and oxygen atoms in total. The van der Waals surface area contributed by atoms with Crippen LogP contribution in [0.3, 0.4) is 0 Å². The Bertz CT molecular complexity index is 675. The predicted molar refractivity (Wildman–Crippen MR) is 99.6 cm³/mol. The second kappa shape index (κ2) is 8.53. The number of amides is 1. The Morgan fingerprint density at radius 3 is 2.46 bits per heavy atom. The number of fused-ring (bicyclic) bond motifs is 1. The van der Waals surface area contributed by atoms with E-state index in [-0.39, 0.29) is 11.7 Å². The van der Waals surface area contributed by atoms with Crippen molar-refractivity contribution in [3.8, 4) is 0 Å². The first-order valence-corrected chi connectivity index (χ1v) is 9.26. The number of H-pyrrole nitrogens is 1. The molecular weight excluding hydrogens is 336 g/mol. The minimum atomic E-state index is -0.544. The van der Waals surface area contributed by atoms with Gasteiger partial charge in [-0.1, -0.05) is 13.8 Å². The van der Waals surface area contributed by atoms with Crippen LogP contribution in [0.25, 0.3) is 0 Å². The van der Waals surface area contributed by atoms with Gasteiger partial charge >= 0.3 is 6.09 Å². The fourth-order valence-electron chi connectivity index (χ4n) is 2.83. The minimum Gasteiger partial charge on any atom is -0.444 e. The smallest absolute Gasteiger partial charge is 0.410 e. The highest BCUT2D eigenvalue weighted by Gasteiger charge is 2.28. The molecule has 2 aliphatic heterocycles.